The van der Waals surface area contributed by atoms with Gasteiger partial charge in [0.05, 0.1) is 0 Å². The van der Waals surface area contributed by atoms with Gasteiger partial charge in [-0.05, 0) is 38.0 Å². The summed E-state index contributed by atoms with van der Waals surface area (Å²) in [4.78, 5) is 23.3. The fraction of sp³-hybridized carbons (Fsp3) is 0.316. The van der Waals surface area contributed by atoms with Crippen molar-refractivity contribution in [1.29, 1.82) is 0 Å². The molecule has 1 fully saturated rings. The second kappa shape index (κ2) is 6.73. The Kier molecular flexibility index (Phi) is 4.51. The zero-order valence-electron chi connectivity index (χ0n) is 13.6. The van der Waals surface area contributed by atoms with Gasteiger partial charge in [-0.15, -0.1) is 0 Å². The van der Waals surface area contributed by atoms with Gasteiger partial charge in [0.25, 0.3) is 0 Å². The number of nitrogens with zero attached hydrogens (tertiary/aromatic N) is 3. The first-order valence-corrected chi connectivity index (χ1v) is 7.96. The van der Waals surface area contributed by atoms with Gasteiger partial charge in [-0.3, -0.25) is 4.79 Å². The van der Waals surface area contributed by atoms with Crippen molar-refractivity contribution in [2.75, 3.05) is 13.1 Å². The summed E-state index contributed by atoms with van der Waals surface area (Å²) in [5, 5.41) is 0. The average Bonchev–Trinajstić information content (AvgIpc) is 3.03. The number of benzene rings is 1. The minimum absolute atomic E-state index is 0.0562. The van der Waals surface area contributed by atoms with Crippen LogP contribution in [0.25, 0.3) is 6.08 Å². The number of hydrogen-bond acceptors (Lipinski definition) is 3. The van der Waals surface area contributed by atoms with Crippen LogP contribution in [0.2, 0.25) is 0 Å². The van der Waals surface area contributed by atoms with E-state index in [-0.39, 0.29) is 11.8 Å². The van der Waals surface area contributed by atoms with Gasteiger partial charge in [-0.1, -0.05) is 30.3 Å². The Morgan fingerprint density at radius 1 is 1.17 bits per heavy atom. The molecule has 0 N–H and O–H groups in total. The summed E-state index contributed by atoms with van der Waals surface area (Å²) in [6, 6.07) is 11.8. The first-order chi connectivity index (χ1) is 11.1. The van der Waals surface area contributed by atoms with Crippen LogP contribution in [0.3, 0.4) is 0 Å². The molecule has 4 nitrogen and oxygen atoms in total. The highest BCUT2D eigenvalue weighted by Gasteiger charge is 2.28. The molecule has 0 radical (unpaired) electrons. The molecular formula is C19H21N3O. The Balaban J connectivity index is 1.65. The average molecular weight is 307 g/mol. The molecule has 1 aliphatic rings. The summed E-state index contributed by atoms with van der Waals surface area (Å²) in [6.07, 6.45) is 4.44. The van der Waals surface area contributed by atoms with Crippen LogP contribution in [0.4, 0.5) is 0 Å². The second-order valence-corrected chi connectivity index (χ2v) is 6.02. The van der Waals surface area contributed by atoms with E-state index in [0.29, 0.717) is 6.54 Å². The van der Waals surface area contributed by atoms with Gasteiger partial charge < -0.3 is 4.90 Å². The lowest BCUT2D eigenvalue weighted by molar-refractivity contribution is -0.124. The number of carbonyl (C=O) groups is 1. The predicted octanol–water partition coefficient (Wildman–Crippen LogP) is 3.12. The van der Waals surface area contributed by atoms with Crippen molar-refractivity contribution in [3.05, 3.63) is 65.2 Å². The lowest BCUT2D eigenvalue weighted by Gasteiger charge is -2.14. The molecule has 0 aliphatic carbocycles. The van der Waals surface area contributed by atoms with Crippen molar-refractivity contribution in [2.24, 2.45) is 0 Å². The molecule has 1 aromatic heterocycles. The first-order valence-electron chi connectivity index (χ1n) is 7.96. The summed E-state index contributed by atoms with van der Waals surface area (Å²) >= 11 is 0. The number of aromatic nitrogens is 2. The van der Waals surface area contributed by atoms with Crippen LogP contribution in [-0.2, 0) is 4.79 Å². The summed E-state index contributed by atoms with van der Waals surface area (Å²) in [5.41, 5.74) is 3.01. The van der Waals surface area contributed by atoms with Crippen molar-refractivity contribution in [1.82, 2.24) is 14.9 Å². The van der Waals surface area contributed by atoms with Crippen LogP contribution in [0.15, 0.2) is 42.5 Å². The van der Waals surface area contributed by atoms with Gasteiger partial charge in [-0.25, -0.2) is 9.97 Å². The van der Waals surface area contributed by atoms with Crippen LogP contribution in [0.5, 0.6) is 0 Å². The Labute approximate surface area is 136 Å². The second-order valence-electron chi connectivity index (χ2n) is 6.02. The van der Waals surface area contributed by atoms with Crippen molar-refractivity contribution >= 4 is 12.0 Å². The molecule has 1 aromatic carbocycles. The third-order valence-electron chi connectivity index (χ3n) is 4.08. The number of aryl methyl sites for hydroxylation is 2. The quantitative estimate of drug-likeness (QED) is 0.819. The normalized spacial score (nSPS) is 17.8. The predicted molar refractivity (Wildman–Crippen MR) is 90.9 cm³/mol. The van der Waals surface area contributed by atoms with E-state index in [1.54, 1.807) is 6.08 Å². The lowest BCUT2D eigenvalue weighted by atomic mass is 10.1. The number of likely N-dealkylation sites (tertiary alicyclic amines) is 1. The summed E-state index contributed by atoms with van der Waals surface area (Å²) in [5.74, 6) is 1.16. The van der Waals surface area contributed by atoms with Crippen molar-refractivity contribution in [3.63, 3.8) is 0 Å². The van der Waals surface area contributed by atoms with E-state index < -0.39 is 0 Å². The van der Waals surface area contributed by atoms with Gasteiger partial charge in [-0.2, -0.15) is 0 Å². The molecule has 1 aliphatic heterocycles. The van der Waals surface area contributed by atoms with E-state index >= 15 is 0 Å². The van der Waals surface area contributed by atoms with E-state index in [0.717, 1.165) is 35.7 Å². The molecule has 0 bridgehead atoms. The van der Waals surface area contributed by atoms with E-state index in [1.807, 2.05) is 61.2 Å². The van der Waals surface area contributed by atoms with Crippen LogP contribution in [-0.4, -0.2) is 33.9 Å². The monoisotopic (exact) mass is 307 g/mol. The molecule has 4 heteroatoms. The smallest absolute Gasteiger partial charge is 0.246 e. The SMILES string of the molecule is Cc1cc(C)nc(C2CCN(C(=O)C=Cc3ccccc3)C2)n1. The number of carbonyl (C=O) groups excluding carboxylic acids is 1. The maximum Gasteiger partial charge on any atom is 0.246 e. The van der Waals surface area contributed by atoms with E-state index in [9.17, 15) is 4.79 Å². The third-order valence-corrected chi connectivity index (χ3v) is 4.08. The number of rotatable bonds is 3. The van der Waals surface area contributed by atoms with Crippen LogP contribution >= 0.6 is 0 Å². The molecule has 1 unspecified atom stereocenters. The molecule has 2 aromatic rings. The summed E-state index contributed by atoms with van der Waals surface area (Å²) < 4.78 is 0. The Morgan fingerprint density at radius 2 is 1.87 bits per heavy atom. The third kappa shape index (κ3) is 3.83. The van der Waals surface area contributed by atoms with Crippen LogP contribution in [0.1, 0.15) is 35.1 Å². The van der Waals surface area contributed by atoms with E-state index in [2.05, 4.69) is 9.97 Å². The minimum Gasteiger partial charge on any atom is -0.338 e. The maximum atomic E-state index is 12.3. The number of hydrogen-bond donors (Lipinski definition) is 0. The molecule has 1 atom stereocenters. The van der Waals surface area contributed by atoms with E-state index in [1.165, 1.54) is 0 Å². The molecule has 0 saturated carbocycles. The first kappa shape index (κ1) is 15.4. The van der Waals surface area contributed by atoms with Crippen molar-refractivity contribution in [2.45, 2.75) is 26.2 Å². The molecule has 1 saturated heterocycles. The molecule has 118 valence electrons. The zero-order valence-corrected chi connectivity index (χ0v) is 13.6. The molecule has 3 rings (SSSR count). The van der Waals surface area contributed by atoms with Crippen LogP contribution in [0, 0.1) is 13.8 Å². The molecule has 2 heterocycles. The Hall–Kier alpha value is -2.49. The van der Waals surface area contributed by atoms with Gasteiger partial charge in [0, 0.05) is 36.5 Å². The minimum atomic E-state index is 0.0562. The fourth-order valence-electron chi connectivity index (χ4n) is 2.94. The molecule has 0 spiro atoms. The standard InChI is InChI=1S/C19H21N3O/c1-14-12-15(2)21-19(20-14)17-10-11-22(13-17)18(23)9-8-16-6-4-3-5-7-16/h3-9,12,17H,10-11,13H2,1-2H3. The zero-order chi connectivity index (χ0) is 16.2. The summed E-state index contributed by atoms with van der Waals surface area (Å²) in [7, 11) is 0. The van der Waals surface area contributed by atoms with Crippen molar-refractivity contribution < 1.29 is 4.79 Å². The lowest BCUT2D eigenvalue weighted by Crippen LogP contribution is -2.26. The van der Waals surface area contributed by atoms with Crippen LogP contribution < -0.4 is 0 Å². The fourth-order valence-corrected chi connectivity index (χ4v) is 2.94. The molecule has 1 amide bonds. The largest absolute Gasteiger partial charge is 0.338 e. The highest BCUT2D eigenvalue weighted by atomic mass is 16.2. The molecule has 23 heavy (non-hydrogen) atoms. The Morgan fingerprint density at radius 3 is 2.57 bits per heavy atom. The van der Waals surface area contributed by atoms with Crippen molar-refractivity contribution in [3.8, 4) is 0 Å². The van der Waals surface area contributed by atoms with Gasteiger partial charge >= 0.3 is 0 Å². The van der Waals surface area contributed by atoms with Gasteiger partial charge in [0.2, 0.25) is 5.91 Å². The Bertz CT molecular complexity index is 704. The maximum absolute atomic E-state index is 12.3. The summed E-state index contributed by atoms with van der Waals surface area (Å²) in [6.45, 7) is 5.43. The molecular weight excluding hydrogens is 286 g/mol. The van der Waals surface area contributed by atoms with E-state index in [4.69, 9.17) is 0 Å². The topological polar surface area (TPSA) is 46.1 Å². The highest BCUT2D eigenvalue weighted by molar-refractivity contribution is 5.92. The van der Waals surface area contributed by atoms with Gasteiger partial charge in [0.1, 0.15) is 5.82 Å². The highest BCUT2D eigenvalue weighted by Crippen LogP contribution is 2.25. The van der Waals surface area contributed by atoms with Gasteiger partial charge in [0.15, 0.2) is 0 Å². The number of amides is 1.